The molecule has 1 saturated heterocycles. The number of rotatable bonds is 3. The lowest BCUT2D eigenvalue weighted by Gasteiger charge is -2.32. The minimum atomic E-state index is -0.346. The van der Waals surface area contributed by atoms with Gasteiger partial charge >= 0.3 is 6.03 Å². The predicted octanol–water partition coefficient (Wildman–Crippen LogP) is 0.0821. The molecule has 8 heteroatoms. The van der Waals surface area contributed by atoms with E-state index >= 15 is 0 Å². The number of hydrogen-bond donors (Lipinski definition) is 3. The van der Waals surface area contributed by atoms with Gasteiger partial charge in [0.2, 0.25) is 0 Å². The summed E-state index contributed by atoms with van der Waals surface area (Å²) in [6.07, 6.45) is 1.39. The highest BCUT2D eigenvalue weighted by Gasteiger charge is 2.24. The third kappa shape index (κ3) is 4.31. The van der Waals surface area contributed by atoms with E-state index in [2.05, 4.69) is 20.8 Å². The number of aromatic nitrogens is 2. The summed E-state index contributed by atoms with van der Waals surface area (Å²) in [5.41, 5.74) is -0.166. The van der Waals surface area contributed by atoms with Crippen LogP contribution in [0.4, 0.5) is 4.79 Å². The zero-order chi connectivity index (χ0) is 16.1. The monoisotopic (exact) mass is 307 g/mol. The van der Waals surface area contributed by atoms with E-state index in [0.717, 1.165) is 0 Å². The molecule has 1 aliphatic heterocycles. The molecule has 3 amide bonds. The van der Waals surface area contributed by atoms with Crippen molar-refractivity contribution in [3.63, 3.8) is 0 Å². The van der Waals surface area contributed by atoms with Gasteiger partial charge in [-0.05, 0) is 32.8 Å². The molecule has 0 saturated carbocycles. The highest BCUT2D eigenvalue weighted by atomic mass is 16.2. The summed E-state index contributed by atoms with van der Waals surface area (Å²) in [7, 11) is 0. The van der Waals surface area contributed by atoms with Crippen molar-refractivity contribution in [1.29, 1.82) is 0 Å². The SMILES string of the molecule is CC(C)NC(=O)N1CCC(NC(=O)c2ccc(=O)[nH]n2)CC1. The lowest BCUT2D eigenvalue weighted by molar-refractivity contribution is 0.0911. The number of carbonyl (C=O) groups is 2. The summed E-state index contributed by atoms with van der Waals surface area (Å²) in [5, 5.41) is 11.7. The highest BCUT2D eigenvalue weighted by molar-refractivity contribution is 5.92. The Morgan fingerprint density at radius 3 is 2.55 bits per heavy atom. The molecular formula is C14H21N5O3. The number of aromatic amines is 1. The van der Waals surface area contributed by atoms with Crippen molar-refractivity contribution >= 4 is 11.9 Å². The number of nitrogens with zero attached hydrogens (tertiary/aromatic N) is 2. The zero-order valence-electron chi connectivity index (χ0n) is 12.8. The Morgan fingerprint density at radius 2 is 2.00 bits per heavy atom. The van der Waals surface area contributed by atoms with E-state index in [4.69, 9.17) is 0 Å². The van der Waals surface area contributed by atoms with Gasteiger partial charge in [0.05, 0.1) is 0 Å². The van der Waals surface area contributed by atoms with E-state index in [-0.39, 0.29) is 35.3 Å². The van der Waals surface area contributed by atoms with Crippen molar-refractivity contribution in [2.45, 2.75) is 38.8 Å². The molecule has 8 nitrogen and oxygen atoms in total. The topological polar surface area (TPSA) is 107 Å². The molecule has 0 atom stereocenters. The molecule has 3 N–H and O–H groups in total. The minimum Gasteiger partial charge on any atom is -0.348 e. The molecule has 2 heterocycles. The van der Waals surface area contributed by atoms with E-state index < -0.39 is 0 Å². The van der Waals surface area contributed by atoms with Gasteiger partial charge in [0, 0.05) is 31.2 Å². The van der Waals surface area contributed by atoms with Crippen molar-refractivity contribution in [3.05, 3.63) is 28.2 Å². The van der Waals surface area contributed by atoms with Gasteiger partial charge in [-0.3, -0.25) is 9.59 Å². The Bertz CT molecular complexity index is 570. The fraction of sp³-hybridized carbons (Fsp3) is 0.571. The van der Waals surface area contributed by atoms with Gasteiger partial charge in [0.1, 0.15) is 5.69 Å². The third-order valence-electron chi connectivity index (χ3n) is 3.44. The zero-order valence-corrected chi connectivity index (χ0v) is 12.8. The van der Waals surface area contributed by atoms with E-state index in [1.807, 2.05) is 13.8 Å². The van der Waals surface area contributed by atoms with Crippen molar-refractivity contribution in [2.75, 3.05) is 13.1 Å². The Hall–Kier alpha value is -2.38. The maximum atomic E-state index is 12.0. The van der Waals surface area contributed by atoms with Crippen LogP contribution in [0.25, 0.3) is 0 Å². The molecule has 0 radical (unpaired) electrons. The average Bonchev–Trinajstić information content (AvgIpc) is 2.48. The minimum absolute atomic E-state index is 0.00401. The van der Waals surface area contributed by atoms with Crippen LogP contribution in [0.2, 0.25) is 0 Å². The summed E-state index contributed by atoms with van der Waals surface area (Å²) < 4.78 is 0. The highest BCUT2D eigenvalue weighted by Crippen LogP contribution is 2.11. The van der Waals surface area contributed by atoms with Gasteiger partial charge in [0.15, 0.2) is 0 Å². The van der Waals surface area contributed by atoms with Crippen LogP contribution in [-0.4, -0.2) is 52.2 Å². The fourth-order valence-corrected chi connectivity index (χ4v) is 2.30. The molecule has 0 aliphatic carbocycles. The van der Waals surface area contributed by atoms with Crippen molar-refractivity contribution in [3.8, 4) is 0 Å². The Balaban J connectivity index is 1.82. The second-order valence-electron chi connectivity index (χ2n) is 5.65. The van der Waals surface area contributed by atoms with Gasteiger partial charge in [-0.15, -0.1) is 0 Å². The van der Waals surface area contributed by atoms with Crippen LogP contribution in [0.5, 0.6) is 0 Å². The van der Waals surface area contributed by atoms with Gasteiger partial charge < -0.3 is 15.5 Å². The summed E-state index contributed by atoms with van der Waals surface area (Å²) in [6.45, 7) is 5.04. The van der Waals surface area contributed by atoms with Gasteiger partial charge in [-0.2, -0.15) is 5.10 Å². The lowest BCUT2D eigenvalue weighted by atomic mass is 10.1. The summed E-state index contributed by atoms with van der Waals surface area (Å²) in [4.78, 5) is 36.5. The molecule has 1 aromatic rings. The second-order valence-corrected chi connectivity index (χ2v) is 5.65. The molecule has 0 unspecified atom stereocenters. The van der Waals surface area contributed by atoms with Crippen LogP contribution >= 0.6 is 0 Å². The maximum Gasteiger partial charge on any atom is 0.317 e. The first kappa shape index (κ1) is 16.0. The molecule has 0 aromatic carbocycles. The molecule has 1 aliphatic rings. The van der Waals surface area contributed by atoms with Crippen molar-refractivity contribution in [2.24, 2.45) is 0 Å². The number of amides is 3. The Morgan fingerprint density at radius 1 is 1.32 bits per heavy atom. The van der Waals surface area contributed by atoms with Crippen LogP contribution in [0, 0.1) is 0 Å². The molecule has 0 spiro atoms. The third-order valence-corrected chi connectivity index (χ3v) is 3.44. The normalized spacial score (nSPS) is 15.7. The summed E-state index contributed by atoms with van der Waals surface area (Å²) >= 11 is 0. The number of H-pyrrole nitrogens is 1. The fourth-order valence-electron chi connectivity index (χ4n) is 2.30. The van der Waals surface area contributed by atoms with Crippen LogP contribution < -0.4 is 16.2 Å². The number of hydrogen-bond acceptors (Lipinski definition) is 4. The molecule has 1 aromatic heterocycles. The van der Waals surface area contributed by atoms with Crippen LogP contribution in [0.15, 0.2) is 16.9 Å². The van der Waals surface area contributed by atoms with E-state index in [9.17, 15) is 14.4 Å². The number of nitrogens with one attached hydrogen (secondary N) is 3. The predicted molar refractivity (Wildman–Crippen MR) is 80.6 cm³/mol. The number of likely N-dealkylation sites (tertiary alicyclic amines) is 1. The molecular weight excluding hydrogens is 286 g/mol. The number of piperidine rings is 1. The quantitative estimate of drug-likeness (QED) is 0.735. The molecule has 22 heavy (non-hydrogen) atoms. The number of carbonyl (C=O) groups excluding carboxylic acids is 2. The first-order valence-electron chi connectivity index (χ1n) is 7.37. The second kappa shape index (κ2) is 7.06. The van der Waals surface area contributed by atoms with Crippen LogP contribution in [-0.2, 0) is 0 Å². The molecule has 120 valence electrons. The van der Waals surface area contributed by atoms with Gasteiger partial charge in [0.25, 0.3) is 11.5 Å². The smallest absolute Gasteiger partial charge is 0.317 e. The van der Waals surface area contributed by atoms with E-state index in [1.54, 1.807) is 4.90 Å². The number of urea groups is 1. The van der Waals surface area contributed by atoms with E-state index in [0.29, 0.717) is 25.9 Å². The molecule has 0 bridgehead atoms. The molecule has 2 rings (SSSR count). The molecule has 1 fully saturated rings. The maximum absolute atomic E-state index is 12.0. The van der Waals surface area contributed by atoms with Gasteiger partial charge in [-0.25, -0.2) is 9.89 Å². The largest absolute Gasteiger partial charge is 0.348 e. The lowest BCUT2D eigenvalue weighted by Crippen LogP contribution is -2.50. The van der Waals surface area contributed by atoms with Gasteiger partial charge in [-0.1, -0.05) is 0 Å². The summed E-state index contributed by atoms with van der Waals surface area (Å²) in [6, 6.07) is 2.70. The van der Waals surface area contributed by atoms with E-state index in [1.165, 1.54) is 12.1 Å². The Kier molecular flexibility index (Phi) is 5.13. The average molecular weight is 307 g/mol. The standard InChI is InChI=1S/C14H21N5O3/c1-9(2)15-14(22)19-7-5-10(6-8-19)16-13(21)11-3-4-12(20)18-17-11/h3-4,9-10H,5-8H2,1-2H3,(H,15,22)(H,16,21)(H,18,20). The first-order valence-corrected chi connectivity index (χ1v) is 7.37. The van der Waals surface area contributed by atoms with Crippen LogP contribution in [0.3, 0.4) is 0 Å². The van der Waals surface area contributed by atoms with Crippen LogP contribution in [0.1, 0.15) is 37.2 Å². The van der Waals surface area contributed by atoms with Crippen molar-refractivity contribution in [1.82, 2.24) is 25.7 Å². The Labute approximate surface area is 128 Å². The summed E-state index contributed by atoms with van der Waals surface area (Å²) in [5.74, 6) is -0.318. The first-order chi connectivity index (χ1) is 10.5. The van der Waals surface area contributed by atoms with Crippen molar-refractivity contribution < 1.29 is 9.59 Å².